The van der Waals surface area contributed by atoms with Gasteiger partial charge >= 0.3 is 0 Å². The molecule has 2 aromatic rings. The summed E-state index contributed by atoms with van der Waals surface area (Å²) in [5, 5.41) is 11.0. The van der Waals surface area contributed by atoms with Crippen LogP contribution in [0, 0.1) is 12.8 Å². The van der Waals surface area contributed by atoms with Crippen LogP contribution in [0.2, 0.25) is 0 Å². The molecule has 1 fully saturated rings. The minimum Gasteiger partial charge on any atom is -0.382 e. The number of nitrogens with zero attached hydrogens (tertiary/aromatic N) is 1. The molecule has 2 heterocycles. The van der Waals surface area contributed by atoms with E-state index in [1.54, 1.807) is 6.92 Å². The number of nitrogens with one attached hydrogen (secondary N) is 3. The monoisotopic (exact) mass is 546 g/mol. The fourth-order valence-corrected chi connectivity index (χ4v) is 3.30. The standard InChI is InChI=1S/C19H28N4O7.C7H8.C2H6/c1-11(2)7-13(16(25)19(3)10-29-19)21-15(24)8-20-17(26)14(9-28-4)22-18(27)12-5-6-30-23-12;1-7-5-3-2-4-6-7;1-2/h5-6,11,13-14H,7-10H2,1-4H3,(H,20,26)(H,21,24)(H,22,27);2-6H,1H3;1-2H3/t13-,14-,19?;;/m0../s1. The molecule has 3 atom stereocenters. The van der Waals surface area contributed by atoms with Gasteiger partial charge in [0.2, 0.25) is 11.8 Å². The summed E-state index contributed by atoms with van der Waals surface area (Å²) in [6, 6.07) is 9.86. The van der Waals surface area contributed by atoms with E-state index in [1.807, 2.05) is 45.9 Å². The van der Waals surface area contributed by atoms with Gasteiger partial charge in [-0.15, -0.1) is 0 Å². The van der Waals surface area contributed by atoms with Crippen LogP contribution < -0.4 is 16.0 Å². The predicted octanol–water partition coefficient (Wildman–Crippen LogP) is 2.45. The second kappa shape index (κ2) is 17.1. The first-order valence-electron chi connectivity index (χ1n) is 13.0. The number of epoxide rings is 1. The number of ether oxygens (including phenoxy) is 2. The van der Waals surface area contributed by atoms with Crippen LogP contribution in [0.4, 0.5) is 0 Å². The summed E-state index contributed by atoms with van der Waals surface area (Å²) >= 11 is 0. The van der Waals surface area contributed by atoms with Crippen molar-refractivity contribution in [2.45, 2.75) is 65.6 Å². The van der Waals surface area contributed by atoms with Crippen LogP contribution in [0.25, 0.3) is 0 Å². The van der Waals surface area contributed by atoms with E-state index in [4.69, 9.17) is 9.47 Å². The number of amides is 3. The molecule has 3 rings (SSSR count). The fraction of sp³-hybridized carbons (Fsp3) is 0.536. The van der Waals surface area contributed by atoms with Gasteiger partial charge in [-0.25, -0.2) is 0 Å². The smallest absolute Gasteiger partial charge is 0.274 e. The van der Waals surface area contributed by atoms with Crippen molar-refractivity contribution >= 4 is 23.5 Å². The zero-order chi connectivity index (χ0) is 29.4. The Bertz CT molecular complexity index is 1020. The van der Waals surface area contributed by atoms with Crippen molar-refractivity contribution in [3.8, 4) is 0 Å². The number of aryl methyl sites for hydroxylation is 1. The maximum absolute atomic E-state index is 12.6. The van der Waals surface area contributed by atoms with Crippen LogP contribution in [0.5, 0.6) is 0 Å². The van der Waals surface area contributed by atoms with Crippen LogP contribution in [0.1, 0.15) is 57.1 Å². The zero-order valence-electron chi connectivity index (χ0n) is 23.9. The number of carbonyl (C=O) groups excluding carboxylic acids is 4. The van der Waals surface area contributed by atoms with Crippen LogP contribution >= 0.6 is 0 Å². The summed E-state index contributed by atoms with van der Waals surface area (Å²) in [6.45, 7) is 11.5. The number of ketones is 1. The Labute approximate surface area is 230 Å². The lowest BCUT2D eigenvalue weighted by atomic mass is 9.93. The van der Waals surface area contributed by atoms with E-state index >= 15 is 0 Å². The number of Topliss-reactive ketones (excluding diaryl/α,β-unsaturated/α-hetero) is 1. The largest absolute Gasteiger partial charge is 0.382 e. The Hall–Kier alpha value is -3.57. The van der Waals surface area contributed by atoms with Crippen molar-refractivity contribution < 1.29 is 33.2 Å². The fourth-order valence-electron chi connectivity index (χ4n) is 3.30. The number of methoxy groups -OCH3 is 1. The van der Waals surface area contributed by atoms with Gasteiger partial charge in [-0.05, 0) is 26.2 Å². The Balaban J connectivity index is 0.000000720. The predicted molar refractivity (Wildman–Crippen MR) is 146 cm³/mol. The Morgan fingerprint density at radius 3 is 2.15 bits per heavy atom. The number of aromatic nitrogens is 1. The molecule has 1 aliphatic rings. The lowest BCUT2D eigenvalue weighted by molar-refractivity contribution is -0.131. The molecule has 0 saturated carbocycles. The molecule has 1 aromatic heterocycles. The van der Waals surface area contributed by atoms with E-state index < -0.39 is 35.4 Å². The minimum absolute atomic E-state index is 0.00692. The first-order valence-corrected chi connectivity index (χ1v) is 13.0. The van der Waals surface area contributed by atoms with E-state index in [9.17, 15) is 19.2 Å². The number of benzene rings is 1. The number of rotatable bonds is 12. The van der Waals surface area contributed by atoms with Crippen molar-refractivity contribution in [3.63, 3.8) is 0 Å². The van der Waals surface area contributed by atoms with E-state index in [0.717, 1.165) is 0 Å². The van der Waals surface area contributed by atoms with Gasteiger partial charge in [0.25, 0.3) is 5.91 Å². The number of hydrogen-bond acceptors (Lipinski definition) is 8. The molecule has 3 N–H and O–H groups in total. The van der Waals surface area contributed by atoms with Gasteiger partial charge in [-0.2, -0.15) is 0 Å². The first-order chi connectivity index (χ1) is 18.6. The van der Waals surface area contributed by atoms with E-state index in [0.29, 0.717) is 13.0 Å². The highest BCUT2D eigenvalue weighted by atomic mass is 16.6. The molecule has 0 bridgehead atoms. The maximum Gasteiger partial charge on any atom is 0.274 e. The molecule has 1 aromatic carbocycles. The molecule has 0 radical (unpaired) electrons. The number of carbonyl (C=O) groups is 4. The van der Waals surface area contributed by atoms with Crippen molar-refractivity contribution in [1.29, 1.82) is 0 Å². The van der Waals surface area contributed by atoms with Crippen molar-refractivity contribution in [1.82, 2.24) is 21.1 Å². The van der Waals surface area contributed by atoms with Crippen LogP contribution in [-0.2, 0) is 23.9 Å². The average Bonchev–Trinajstić information content (AvgIpc) is 3.42. The van der Waals surface area contributed by atoms with Gasteiger partial charge in [0.05, 0.1) is 25.8 Å². The van der Waals surface area contributed by atoms with Gasteiger partial charge in [-0.1, -0.05) is 68.7 Å². The summed E-state index contributed by atoms with van der Waals surface area (Å²) in [4.78, 5) is 49.3. The lowest BCUT2D eigenvalue weighted by Gasteiger charge is -2.22. The van der Waals surface area contributed by atoms with Crippen LogP contribution in [-0.4, -0.2) is 73.2 Å². The molecular formula is C28H42N4O7. The third-order valence-corrected chi connectivity index (χ3v) is 5.45. The molecule has 216 valence electrons. The van der Waals surface area contributed by atoms with Gasteiger partial charge in [0.15, 0.2) is 11.5 Å². The first kappa shape index (κ1) is 33.5. The second-order valence-corrected chi connectivity index (χ2v) is 9.37. The van der Waals surface area contributed by atoms with E-state index in [-0.39, 0.29) is 30.5 Å². The average molecular weight is 547 g/mol. The Morgan fingerprint density at radius 2 is 1.69 bits per heavy atom. The molecule has 0 aliphatic carbocycles. The Morgan fingerprint density at radius 1 is 1.05 bits per heavy atom. The molecular weight excluding hydrogens is 504 g/mol. The van der Waals surface area contributed by atoms with Crippen molar-refractivity contribution in [2.75, 3.05) is 26.9 Å². The third-order valence-electron chi connectivity index (χ3n) is 5.45. The normalized spacial score (nSPS) is 16.8. The van der Waals surface area contributed by atoms with Crippen LogP contribution in [0.15, 0.2) is 47.2 Å². The minimum atomic E-state index is -1.04. The molecule has 11 heteroatoms. The van der Waals surface area contributed by atoms with Crippen molar-refractivity contribution in [2.24, 2.45) is 5.92 Å². The number of hydrogen-bond donors (Lipinski definition) is 3. The maximum atomic E-state index is 12.6. The Kier molecular flexibility index (Phi) is 14.7. The highest BCUT2D eigenvalue weighted by Crippen LogP contribution is 2.29. The molecule has 1 unspecified atom stereocenters. The van der Waals surface area contributed by atoms with Gasteiger partial charge < -0.3 is 29.9 Å². The van der Waals surface area contributed by atoms with Crippen LogP contribution in [0.3, 0.4) is 0 Å². The molecule has 0 spiro atoms. The highest BCUT2D eigenvalue weighted by Gasteiger charge is 2.50. The highest BCUT2D eigenvalue weighted by molar-refractivity contribution is 5.98. The summed E-state index contributed by atoms with van der Waals surface area (Å²) < 4.78 is 14.7. The van der Waals surface area contributed by atoms with E-state index in [1.165, 1.54) is 25.0 Å². The molecule has 1 aliphatic heterocycles. The van der Waals surface area contributed by atoms with Crippen molar-refractivity contribution in [3.05, 3.63) is 53.9 Å². The van der Waals surface area contributed by atoms with Gasteiger partial charge in [0, 0.05) is 13.2 Å². The van der Waals surface area contributed by atoms with E-state index in [2.05, 4.69) is 44.7 Å². The second-order valence-electron chi connectivity index (χ2n) is 9.37. The summed E-state index contributed by atoms with van der Waals surface area (Å²) in [7, 11) is 1.37. The molecule has 11 nitrogen and oxygen atoms in total. The molecule has 3 amide bonds. The quantitative estimate of drug-likeness (QED) is 0.343. The zero-order valence-corrected chi connectivity index (χ0v) is 23.9. The third kappa shape index (κ3) is 12.2. The lowest BCUT2D eigenvalue weighted by Crippen LogP contribution is -2.53. The van der Waals surface area contributed by atoms with Gasteiger partial charge in [-0.3, -0.25) is 19.2 Å². The summed E-state index contributed by atoms with van der Waals surface area (Å²) in [5.74, 6) is -1.77. The summed E-state index contributed by atoms with van der Waals surface area (Å²) in [6.07, 6.45) is 1.68. The molecule has 39 heavy (non-hydrogen) atoms. The topological polar surface area (TPSA) is 152 Å². The molecule has 1 saturated heterocycles. The SMILES string of the molecule is CC.COC[C@H](NC(=O)c1ccon1)C(=O)NCC(=O)N[C@@H](CC(C)C)C(=O)C1(C)CO1.Cc1ccccc1. The van der Waals surface area contributed by atoms with Gasteiger partial charge in [0.1, 0.15) is 17.9 Å². The summed E-state index contributed by atoms with van der Waals surface area (Å²) in [5.41, 5.74) is 0.473.